The van der Waals surface area contributed by atoms with E-state index in [-0.39, 0.29) is 6.04 Å². The normalized spacial score (nSPS) is 19.4. The molecule has 1 aliphatic heterocycles. The smallest absolute Gasteiger partial charge is 0.220 e. The lowest BCUT2D eigenvalue weighted by atomic mass is 10.1. The minimum absolute atomic E-state index is 0.257. The minimum Gasteiger partial charge on any atom is -0.220 e. The first-order chi connectivity index (χ1) is 11.2. The molecule has 1 saturated heterocycles. The summed E-state index contributed by atoms with van der Waals surface area (Å²) in [5, 5.41) is 4.17. The van der Waals surface area contributed by atoms with Crippen LogP contribution in [0.4, 0.5) is 0 Å². The molecule has 3 heterocycles. The maximum absolute atomic E-state index is 13.0. The summed E-state index contributed by atoms with van der Waals surface area (Å²) in [6.07, 6.45) is 4.64. The van der Waals surface area contributed by atoms with Crippen molar-refractivity contribution in [2.45, 2.75) is 23.8 Å². The van der Waals surface area contributed by atoms with Crippen LogP contribution in [0.2, 0.25) is 0 Å². The zero-order valence-corrected chi connectivity index (χ0v) is 13.1. The Morgan fingerprint density at radius 1 is 1.09 bits per heavy atom. The minimum atomic E-state index is -3.54. The van der Waals surface area contributed by atoms with Crippen molar-refractivity contribution >= 4 is 15.8 Å². The van der Waals surface area contributed by atoms with Gasteiger partial charge < -0.3 is 0 Å². The molecule has 0 radical (unpaired) electrons. The maximum Gasteiger partial charge on any atom is 0.252 e. The lowest BCUT2D eigenvalue weighted by molar-refractivity contribution is 0.385. The van der Waals surface area contributed by atoms with E-state index in [1.165, 1.54) is 6.33 Å². The molecule has 23 heavy (non-hydrogen) atoms. The van der Waals surface area contributed by atoms with Gasteiger partial charge in [0, 0.05) is 12.7 Å². The Balaban J connectivity index is 1.80. The third kappa shape index (κ3) is 2.30. The molecule has 3 aromatic rings. The van der Waals surface area contributed by atoms with Crippen molar-refractivity contribution < 1.29 is 8.42 Å². The molecule has 1 fully saturated rings. The van der Waals surface area contributed by atoms with Crippen molar-refractivity contribution in [2.24, 2.45) is 0 Å². The quantitative estimate of drug-likeness (QED) is 0.730. The van der Waals surface area contributed by atoms with E-state index < -0.39 is 10.0 Å². The number of rotatable bonds is 3. The summed E-state index contributed by atoms with van der Waals surface area (Å²) in [7, 11) is -3.54. The van der Waals surface area contributed by atoms with Crippen LogP contribution in [-0.2, 0) is 10.0 Å². The van der Waals surface area contributed by atoms with Crippen LogP contribution in [-0.4, -0.2) is 38.8 Å². The van der Waals surface area contributed by atoms with Crippen LogP contribution < -0.4 is 0 Å². The second-order valence-electron chi connectivity index (χ2n) is 5.43. The van der Waals surface area contributed by atoms with Gasteiger partial charge in [0.2, 0.25) is 10.0 Å². The highest BCUT2D eigenvalue weighted by molar-refractivity contribution is 7.89. The second-order valence-corrected chi connectivity index (χ2v) is 7.32. The van der Waals surface area contributed by atoms with E-state index in [1.54, 1.807) is 39.3 Å². The van der Waals surface area contributed by atoms with Gasteiger partial charge in [0.05, 0.1) is 16.6 Å². The number of hydrogen-bond donors (Lipinski definition) is 0. The molecule has 1 atom stereocenters. The molecule has 0 amide bonds. The molecule has 0 saturated carbocycles. The number of hydrogen-bond acceptors (Lipinski definition) is 5. The van der Waals surface area contributed by atoms with Crippen molar-refractivity contribution in [3.63, 3.8) is 0 Å². The monoisotopic (exact) mass is 329 g/mol. The van der Waals surface area contributed by atoms with Crippen LogP contribution in [0.5, 0.6) is 0 Å². The fourth-order valence-electron chi connectivity index (χ4n) is 3.06. The van der Waals surface area contributed by atoms with E-state index in [0.29, 0.717) is 17.2 Å². The number of sulfonamides is 1. The summed E-state index contributed by atoms with van der Waals surface area (Å²) in [6, 6.07) is 10.1. The van der Waals surface area contributed by atoms with Crippen molar-refractivity contribution in [1.82, 2.24) is 23.9 Å². The van der Waals surface area contributed by atoms with Crippen LogP contribution >= 0.6 is 0 Å². The van der Waals surface area contributed by atoms with Crippen molar-refractivity contribution in [3.8, 4) is 0 Å². The molecule has 0 aliphatic carbocycles. The average Bonchev–Trinajstić information content (AvgIpc) is 3.24. The first kappa shape index (κ1) is 14.3. The molecule has 4 rings (SSSR count). The molecule has 0 bridgehead atoms. The van der Waals surface area contributed by atoms with E-state index >= 15 is 0 Å². The zero-order valence-electron chi connectivity index (χ0n) is 12.3. The van der Waals surface area contributed by atoms with Crippen LogP contribution in [0.1, 0.15) is 24.6 Å². The summed E-state index contributed by atoms with van der Waals surface area (Å²) in [5.41, 5.74) is 0.796. The lowest BCUT2D eigenvalue weighted by Gasteiger charge is -2.24. The van der Waals surface area contributed by atoms with Gasteiger partial charge >= 0.3 is 0 Å². The Morgan fingerprint density at radius 3 is 2.74 bits per heavy atom. The highest BCUT2D eigenvalue weighted by atomic mass is 32.2. The number of fused-ring (bicyclic) bond motifs is 1. The fourth-order valence-corrected chi connectivity index (χ4v) is 4.75. The Morgan fingerprint density at radius 2 is 1.91 bits per heavy atom. The highest BCUT2D eigenvalue weighted by Crippen LogP contribution is 2.36. The molecular weight excluding hydrogens is 314 g/mol. The molecule has 118 valence electrons. The molecular formula is C15H15N5O2S. The van der Waals surface area contributed by atoms with Gasteiger partial charge in [0.15, 0.2) is 0 Å². The maximum atomic E-state index is 13.0. The fraction of sp³-hybridized carbons (Fsp3) is 0.267. The van der Waals surface area contributed by atoms with Gasteiger partial charge in [-0.15, -0.1) is 0 Å². The van der Waals surface area contributed by atoms with Gasteiger partial charge in [-0.05, 0) is 31.0 Å². The molecule has 2 aromatic heterocycles. The van der Waals surface area contributed by atoms with E-state index in [2.05, 4.69) is 15.1 Å². The SMILES string of the molecule is O=S(=O)(c1ccccc1)N1CCCC1c1ccnc2ncnn12. The van der Waals surface area contributed by atoms with E-state index in [9.17, 15) is 8.42 Å². The van der Waals surface area contributed by atoms with Gasteiger partial charge in [-0.1, -0.05) is 18.2 Å². The highest BCUT2D eigenvalue weighted by Gasteiger charge is 2.37. The first-order valence-electron chi connectivity index (χ1n) is 7.39. The second kappa shape index (κ2) is 5.39. The van der Waals surface area contributed by atoms with Gasteiger partial charge in [0.1, 0.15) is 6.33 Å². The molecule has 1 unspecified atom stereocenters. The third-order valence-electron chi connectivity index (χ3n) is 4.10. The van der Waals surface area contributed by atoms with Crippen molar-refractivity contribution in [3.05, 3.63) is 54.6 Å². The predicted molar refractivity (Wildman–Crippen MR) is 83.1 cm³/mol. The number of benzene rings is 1. The van der Waals surface area contributed by atoms with Gasteiger partial charge in [-0.2, -0.15) is 18.9 Å². The van der Waals surface area contributed by atoms with E-state index in [0.717, 1.165) is 18.5 Å². The summed E-state index contributed by atoms with van der Waals surface area (Å²) in [6.45, 7) is 0.500. The molecule has 0 spiro atoms. The van der Waals surface area contributed by atoms with Crippen LogP contribution in [0.25, 0.3) is 5.78 Å². The summed E-state index contributed by atoms with van der Waals surface area (Å²) < 4.78 is 29.1. The molecule has 1 aromatic carbocycles. The van der Waals surface area contributed by atoms with Crippen LogP contribution in [0.3, 0.4) is 0 Å². The Bertz CT molecular complexity index is 939. The van der Waals surface area contributed by atoms with Gasteiger partial charge in [0.25, 0.3) is 5.78 Å². The van der Waals surface area contributed by atoms with Gasteiger partial charge in [-0.25, -0.2) is 13.4 Å². The Hall–Kier alpha value is -2.32. The molecule has 0 N–H and O–H groups in total. The summed E-state index contributed by atoms with van der Waals surface area (Å²) in [5.74, 6) is 0.478. The molecule has 7 nitrogen and oxygen atoms in total. The third-order valence-corrected chi connectivity index (χ3v) is 6.03. The van der Waals surface area contributed by atoms with Gasteiger partial charge in [-0.3, -0.25) is 0 Å². The largest absolute Gasteiger partial charge is 0.252 e. The van der Waals surface area contributed by atoms with Crippen molar-refractivity contribution in [1.29, 1.82) is 0 Å². The number of aromatic nitrogens is 4. The van der Waals surface area contributed by atoms with Crippen LogP contribution in [0, 0.1) is 0 Å². The first-order valence-corrected chi connectivity index (χ1v) is 8.83. The standard InChI is InChI=1S/C15H15N5O2S/c21-23(22,12-5-2-1-3-6-12)19-10-4-7-13(19)14-8-9-16-15-17-11-18-20(14)15/h1-3,5-6,8-9,11,13H,4,7,10H2. The Labute approximate surface area is 133 Å². The predicted octanol–water partition coefficient (Wildman–Crippen LogP) is 1.65. The zero-order chi connectivity index (χ0) is 15.9. The molecule has 8 heteroatoms. The lowest BCUT2D eigenvalue weighted by Crippen LogP contribution is -2.31. The van der Waals surface area contributed by atoms with Crippen molar-refractivity contribution in [2.75, 3.05) is 6.54 Å². The number of nitrogens with zero attached hydrogens (tertiary/aromatic N) is 5. The average molecular weight is 329 g/mol. The molecule has 1 aliphatic rings. The Kier molecular flexibility index (Phi) is 3.35. The van der Waals surface area contributed by atoms with E-state index in [1.807, 2.05) is 12.1 Å². The topological polar surface area (TPSA) is 80.5 Å². The summed E-state index contributed by atoms with van der Waals surface area (Å²) >= 11 is 0. The summed E-state index contributed by atoms with van der Waals surface area (Å²) in [4.78, 5) is 8.52. The van der Waals surface area contributed by atoms with E-state index in [4.69, 9.17) is 0 Å². The van der Waals surface area contributed by atoms with Crippen LogP contribution in [0.15, 0.2) is 53.8 Å².